The van der Waals surface area contributed by atoms with Crippen molar-refractivity contribution >= 4 is 0 Å². The van der Waals surface area contributed by atoms with Gasteiger partial charge in [-0.25, -0.2) is 0 Å². The largest absolute Gasteiger partial charge is 0.330 e. The molecule has 1 aliphatic carbocycles. The van der Waals surface area contributed by atoms with E-state index in [4.69, 9.17) is 5.73 Å². The predicted molar refractivity (Wildman–Crippen MR) is 53.0 cm³/mol. The Morgan fingerprint density at radius 1 is 1.58 bits per heavy atom. The summed E-state index contributed by atoms with van der Waals surface area (Å²) >= 11 is 0. The van der Waals surface area contributed by atoms with E-state index in [0.717, 1.165) is 26.2 Å². The second kappa shape index (κ2) is 4.06. The zero-order valence-electron chi connectivity index (χ0n) is 8.05. The monoisotopic (exact) mass is 168 g/mol. The van der Waals surface area contributed by atoms with Gasteiger partial charge in [-0.1, -0.05) is 13.0 Å². The standard InChI is InChI=1S/C10H20N2/c1-3-7-12(4-2)9-10(8-11)5-6-10/h3H,1,4-9,11H2,2H3. The molecule has 0 aromatic rings. The Morgan fingerprint density at radius 2 is 2.25 bits per heavy atom. The minimum atomic E-state index is 0.471. The minimum absolute atomic E-state index is 0.471. The van der Waals surface area contributed by atoms with E-state index < -0.39 is 0 Å². The van der Waals surface area contributed by atoms with Crippen molar-refractivity contribution in [1.82, 2.24) is 4.90 Å². The lowest BCUT2D eigenvalue weighted by Crippen LogP contribution is -2.34. The Bertz CT molecular complexity index is 150. The molecule has 0 bridgehead atoms. The molecule has 2 nitrogen and oxygen atoms in total. The molecule has 0 spiro atoms. The maximum absolute atomic E-state index is 5.72. The van der Waals surface area contributed by atoms with Crippen LogP contribution in [0, 0.1) is 5.41 Å². The zero-order chi connectivity index (χ0) is 9.03. The molecular weight excluding hydrogens is 148 g/mol. The first kappa shape index (κ1) is 9.75. The van der Waals surface area contributed by atoms with Gasteiger partial charge in [-0.05, 0) is 31.3 Å². The highest BCUT2D eigenvalue weighted by molar-refractivity contribution is 4.96. The van der Waals surface area contributed by atoms with Gasteiger partial charge in [-0.15, -0.1) is 6.58 Å². The molecule has 0 aromatic heterocycles. The van der Waals surface area contributed by atoms with Gasteiger partial charge in [-0.3, -0.25) is 4.90 Å². The second-order valence-electron chi connectivity index (χ2n) is 3.82. The van der Waals surface area contributed by atoms with Crippen molar-refractivity contribution in [2.24, 2.45) is 11.1 Å². The van der Waals surface area contributed by atoms with Gasteiger partial charge in [0, 0.05) is 13.1 Å². The average Bonchev–Trinajstić information content (AvgIpc) is 2.85. The van der Waals surface area contributed by atoms with Crippen molar-refractivity contribution in [3.8, 4) is 0 Å². The molecule has 2 N–H and O–H groups in total. The lowest BCUT2D eigenvalue weighted by molar-refractivity contribution is 0.254. The van der Waals surface area contributed by atoms with Crippen LogP contribution in [0.3, 0.4) is 0 Å². The minimum Gasteiger partial charge on any atom is -0.330 e. The van der Waals surface area contributed by atoms with Gasteiger partial charge >= 0.3 is 0 Å². The van der Waals surface area contributed by atoms with E-state index in [1.807, 2.05) is 6.08 Å². The van der Waals surface area contributed by atoms with Gasteiger partial charge < -0.3 is 5.73 Å². The van der Waals surface area contributed by atoms with Crippen molar-refractivity contribution < 1.29 is 0 Å². The van der Waals surface area contributed by atoms with Gasteiger partial charge in [0.05, 0.1) is 0 Å². The van der Waals surface area contributed by atoms with E-state index >= 15 is 0 Å². The quantitative estimate of drug-likeness (QED) is 0.604. The fraction of sp³-hybridized carbons (Fsp3) is 0.800. The van der Waals surface area contributed by atoms with Gasteiger partial charge in [-0.2, -0.15) is 0 Å². The summed E-state index contributed by atoms with van der Waals surface area (Å²) in [7, 11) is 0. The van der Waals surface area contributed by atoms with Crippen molar-refractivity contribution in [2.45, 2.75) is 19.8 Å². The number of nitrogens with two attached hydrogens (primary N) is 1. The predicted octanol–water partition coefficient (Wildman–Crippen LogP) is 1.23. The molecule has 0 aromatic carbocycles. The third-order valence-corrected chi connectivity index (χ3v) is 2.78. The van der Waals surface area contributed by atoms with Crippen LogP contribution in [0.15, 0.2) is 12.7 Å². The van der Waals surface area contributed by atoms with Crippen molar-refractivity contribution in [1.29, 1.82) is 0 Å². The Labute approximate surface area is 75.4 Å². The van der Waals surface area contributed by atoms with E-state index in [-0.39, 0.29) is 0 Å². The maximum Gasteiger partial charge on any atom is 0.0160 e. The third kappa shape index (κ3) is 2.32. The fourth-order valence-electron chi connectivity index (χ4n) is 1.57. The molecule has 1 fully saturated rings. The summed E-state index contributed by atoms with van der Waals surface area (Å²) in [6.45, 7) is 10.1. The third-order valence-electron chi connectivity index (χ3n) is 2.78. The average molecular weight is 168 g/mol. The molecule has 0 unspecified atom stereocenters. The highest BCUT2D eigenvalue weighted by Gasteiger charge is 2.41. The molecule has 0 heterocycles. The first-order valence-corrected chi connectivity index (χ1v) is 4.79. The highest BCUT2D eigenvalue weighted by Crippen LogP contribution is 2.44. The van der Waals surface area contributed by atoms with Crippen LogP contribution in [0.1, 0.15) is 19.8 Å². The molecule has 12 heavy (non-hydrogen) atoms. The second-order valence-corrected chi connectivity index (χ2v) is 3.82. The number of likely N-dealkylation sites (N-methyl/N-ethyl adjacent to an activating group) is 1. The van der Waals surface area contributed by atoms with Crippen molar-refractivity contribution in [3.05, 3.63) is 12.7 Å². The molecule has 0 saturated heterocycles. The van der Waals surface area contributed by atoms with Crippen LogP contribution in [-0.4, -0.2) is 31.1 Å². The number of nitrogens with zero attached hydrogens (tertiary/aromatic N) is 1. The molecule has 70 valence electrons. The molecule has 0 atom stereocenters. The van der Waals surface area contributed by atoms with Crippen LogP contribution in [-0.2, 0) is 0 Å². The molecule has 1 saturated carbocycles. The van der Waals surface area contributed by atoms with Crippen LogP contribution < -0.4 is 5.73 Å². The molecule has 1 aliphatic rings. The van der Waals surface area contributed by atoms with Gasteiger partial charge in [0.25, 0.3) is 0 Å². The SMILES string of the molecule is C=CCN(CC)CC1(CN)CC1. The molecule has 1 rings (SSSR count). The Balaban J connectivity index is 2.31. The Hall–Kier alpha value is -0.340. The maximum atomic E-state index is 5.72. The normalized spacial score (nSPS) is 19.6. The number of hydrogen-bond acceptors (Lipinski definition) is 2. The fourth-order valence-corrected chi connectivity index (χ4v) is 1.57. The number of rotatable bonds is 6. The van der Waals surface area contributed by atoms with Crippen LogP contribution in [0.5, 0.6) is 0 Å². The highest BCUT2D eigenvalue weighted by atomic mass is 15.1. The van der Waals surface area contributed by atoms with Gasteiger partial charge in [0.15, 0.2) is 0 Å². The van der Waals surface area contributed by atoms with Crippen LogP contribution in [0.25, 0.3) is 0 Å². The lowest BCUT2D eigenvalue weighted by Gasteiger charge is -2.23. The zero-order valence-corrected chi connectivity index (χ0v) is 8.05. The Kier molecular flexibility index (Phi) is 3.29. The summed E-state index contributed by atoms with van der Waals surface area (Å²) in [5, 5.41) is 0. The van der Waals surface area contributed by atoms with E-state index in [9.17, 15) is 0 Å². The van der Waals surface area contributed by atoms with E-state index in [0.29, 0.717) is 5.41 Å². The summed E-state index contributed by atoms with van der Waals surface area (Å²) in [4.78, 5) is 2.41. The van der Waals surface area contributed by atoms with Crippen molar-refractivity contribution in [3.63, 3.8) is 0 Å². The Morgan fingerprint density at radius 3 is 2.58 bits per heavy atom. The molecule has 0 radical (unpaired) electrons. The van der Waals surface area contributed by atoms with E-state index in [1.165, 1.54) is 12.8 Å². The van der Waals surface area contributed by atoms with Gasteiger partial charge in [0.1, 0.15) is 0 Å². The van der Waals surface area contributed by atoms with Crippen LogP contribution in [0.2, 0.25) is 0 Å². The van der Waals surface area contributed by atoms with Gasteiger partial charge in [0.2, 0.25) is 0 Å². The molecule has 2 heteroatoms. The summed E-state index contributed by atoms with van der Waals surface area (Å²) in [6, 6.07) is 0. The smallest absolute Gasteiger partial charge is 0.0160 e. The summed E-state index contributed by atoms with van der Waals surface area (Å²) in [6.07, 6.45) is 4.60. The summed E-state index contributed by atoms with van der Waals surface area (Å²) < 4.78 is 0. The van der Waals surface area contributed by atoms with Crippen molar-refractivity contribution in [2.75, 3.05) is 26.2 Å². The van der Waals surface area contributed by atoms with Crippen LogP contribution in [0.4, 0.5) is 0 Å². The summed E-state index contributed by atoms with van der Waals surface area (Å²) in [5.74, 6) is 0. The molecule has 0 aliphatic heterocycles. The number of hydrogen-bond donors (Lipinski definition) is 1. The first-order valence-electron chi connectivity index (χ1n) is 4.79. The van der Waals surface area contributed by atoms with E-state index in [2.05, 4.69) is 18.4 Å². The molecule has 0 amide bonds. The summed E-state index contributed by atoms with van der Waals surface area (Å²) in [5.41, 5.74) is 6.19. The van der Waals surface area contributed by atoms with Crippen LogP contribution >= 0.6 is 0 Å². The van der Waals surface area contributed by atoms with E-state index in [1.54, 1.807) is 0 Å². The topological polar surface area (TPSA) is 29.3 Å². The molecular formula is C10H20N2. The first-order chi connectivity index (χ1) is 5.76. The lowest BCUT2D eigenvalue weighted by atomic mass is 10.1.